The number of Topliss-reactive ketones (excluding diaryl/α,β-unsaturated/α-hetero) is 2. The molecule has 5 nitrogen and oxygen atoms in total. The van der Waals surface area contributed by atoms with Crippen LogP contribution in [-0.2, 0) is 9.59 Å². The minimum Gasteiger partial charge on any atom is -0.396 e. The molecule has 1 saturated carbocycles. The molecule has 3 N–H and O–H groups in total. The van der Waals surface area contributed by atoms with Crippen LogP contribution in [0, 0.1) is 18.2 Å². The topological polar surface area (TPSA) is 94.8 Å². The maximum atomic E-state index is 13.4. The summed E-state index contributed by atoms with van der Waals surface area (Å²) in [6, 6.07) is 4.93. The largest absolute Gasteiger partial charge is 0.396 e. The molecule has 0 spiro atoms. The molecule has 1 fully saturated rings. The summed E-state index contributed by atoms with van der Waals surface area (Å²) < 4.78 is 13.4. The number of aliphatic hydroxyl groups is 3. The molecule has 0 aliphatic heterocycles. The van der Waals surface area contributed by atoms with Crippen LogP contribution < -0.4 is 0 Å². The van der Waals surface area contributed by atoms with E-state index in [9.17, 15) is 14.0 Å². The molecule has 0 unspecified atom stereocenters. The molecule has 1 aliphatic carbocycles. The van der Waals surface area contributed by atoms with Crippen molar-refractivity contribution in [2.24, 2.45) is 5.41 Å². The highest BCUT2D eigenvalue weighted by molar-refractivity contribution is 6.02. The maximum absolute atomic E-state index is 13.4. The number of carbonyl (C=O) groups excluding carboxylic acids is 2. The molecule has 1 aromatic rings. The van der Waals surface area contributed by atoms with E-state index in [1.54, 1.807) is 19.1 Å². The first kappa shape index (κ1) is 21.4. The minimum atomic E-state index is -0.667. The molecule has 6 heteroatoms. The van der Waals surface area contributed by atoms with Crippen molar-refractivity contribution < 1.29 is 29.3 Å². The molecule has 140 valence electrons. The first-order valence-corrected chi connectivity index (χ1v) is 8.42. The third-order valence-electron chi connectivity index (χ3n) is 4.77. The van der Waals surface area contributed by atoms with Crippen molar-refractivity contribution in [1.29, 1.82) is 0 Å². The predicted octanol–water partition coefficient (Wildman–Crippen LogP) is 1.90. The van der Waals surface area contributed by atoms with Gasteiger partial charge in [0.15, 0.2) is 0 Å². The van der Waals surface area contributed by atoms with Crippen LogP contribution >= 0.6 is 0 Å². The Balaban J connectivity index is 0.000000299. The molecule has 25 heavy (non-hydrogen) atoms. The van der Waals surface area contributed by atoms with Gasteiger partial charge in [-0.3, -0.25) is 9.59 Å². The zero-order valence-corrected chi connectivity index (χ0v) is 14.8. The van der Waals surface area contributed by atoms with Gasteiger partial charge in [-0.2, -0.15) is 0 Å². The Kier molecular flexibility index (Phi) is 8.35. The Morgan fingerprint density at radius 1 is 1.08 bits per heavy atom. The summed E-state index contributed by atoms with van der Waals surface area (Å²) in [5.41, 5.74) is 0.668. The van der Waals surface area contributed by atoms with E-state index in [0.29, 0.717) is 24.8 Å². The van der Waals surface area contributed by atoms with Crippen molar-refractivity contribution in [3.63, 3.8) is 0 Å². The van der Waals surface area contributed by atoms with Gasteiger partial charge in [-0.15, -0.1) is 0 Å². The molecule has 0 atom stereocenters. The number of rotatable bonds is 5. The van der Waals surface area contributed by atoms with E-state index in [0.717, 1.165) is 5.56 Å². The van der Waals surface area contributed by atoms with Crippen molar-refractivity contribution >= 4 is 11.6 Å². The third-order valence-corrected chi connectivity index (χ3v) is 4.77. The number of hydrogen-bond donors (Lipinski definition) is 3. The van der Waals surface area contributed by atoms with E-state index < -0.39 is 5.41 Å². The fourth-order valence-corrected chi connectivity index (χ4v) is 2.57. The molecule has 0 saturated heterocycles. The second kappa shape index (κ2) is 9.75. The molecule has 0 bridgehead atoms. The lowest BCUT2D eigenvalue weighted by Gasteiger charge is -2.24. The molecular weight excluding hydrogens is 327 g/mol. The fourth-order valence-electron chi connectivity index (χ4n) is 2.57. The molecule has 0 heterocycles. The number of benzene rings is 1. The maximum Gasteiger partial charge on any atom is 0.140 e. The third kappa shape index (κ3) is 5.99. The average molecular weight is 354 g/mol. The zero-order valence-electron chi connectivity index (χ0n) is 14.8. The lowest BCUT2D eigenvalue weighted by Crippen LogP contribution is -2.32. The van der Waals surface area contributed by atoms with Gasteiger partial charge in [-0.1, -0.05) is 19.1 Å². The van der Waals surface area contributed by atoms with Crippen molar-refractivity contribution in [3.05, 3.63) is 35.1 Å². The van der Waals surface area contributed by atoms with E-state index in [-0.39, 0.29) is 49.5 Å². The molecular formula is C19H27FO5. The standard InChI is InChI=1S/C13H13FO2.C6H14O3/c1-8-2-3-9(6-13(8)14)10-4-11(15)7-12(16)5-10;1-2-6(3-7,4-8)5-9/h2-3,6,10H,4-5,7H2,1H3;7-9H,2-5H2,1H3. The van der Waals surface area contributed by atoms with Gasteiger partial charge in [0.2, 0.25) is 0 Å². The van der Waals surface area contributed by atoms with Crippen LogP contribution in [0.25, 0.3) is 0 Å². The van der Waals surface area contributed by atoms with Crippen molar-refractivity contribution in [3.8, 4) is 0 Å². The molecule has 0 amide bonds. The summed E-state index contributed by atoms with van der Waals surface area (Å²) in [6.07, 6.45) is 1.35. The summed E-state index contributed by atoms with van der Waals surface area (Å²) in [7, 11) is 0. The van der Waals surface area contributed by atoms with Gasteiger partial charge in [-0.25, -0.2) is 4.39 Å². The Labute approximate surface area is 147 Å². The summed E-state index contributed by atoms with van der Waals surface area (Å²) in [6.45, 7) is 3.04. The number of ketones is 2. The van der Waals surface area contributed by atoms with Crippen molar-refractivity contribution in [2.45, 2.75) is 45.4 Å². The van der Waals surface area contributed by atoms with Gasteiger partial charge in [0.1, 0.15) is 17.4 Å². The van der Waals surface area contributed by atoms with Crippen LogP contribution in [0.4, 0.5) is 4.39 Å². The minimum absolute atomic E-state index is 0.0396. The Morgan fingerprint density at radius 3 is 1.96 bits per heavy atom. The van der Waals surface area contributed by atoms with E-state index in [2.05, 4.69) is 0 Å². The Hall–Kier alpha value is -1.63. The van der Waals surface area contributed by atoms with Gasteiger partial charge in [-0.05, 0) is 36.5 Å². The molecule has 0 aromatic heterocycles. The van der Waals surface area contributed by atoms with Crippen LogP contribution in [0.2, 0.25) is 0 Å². The van der Waals surface area contributed by atoms with Gasteiger partial charge in [0.05, 0.1) is 26.2 Å². The van der Waals surface area contributed by atoms with Crippen molar-refractivity contribution in [2.75, 3.05) is 19.8 Å². The Bertz CT molecular complexity index is 562. The highest BCUT2D eigenvalue weighted by Crippen LogP contribution is 2.30. The van der Waals surface area contributed by atoms with E-state index in [4.69, 9.17) is 15.3 Å². The molecule has 1 aromatic carbocycles. The van der Waals surface area contributed by atoms with Gasteiger partial charge in [0.25, 0.3) is 0 Å². The monoisotopic (exact) mass is 354 g/mol. The lowest BCUT2D eigenvalue weighted by molar-refractivity contribution is -0.130. The van der Waals surface area contributed by atoms with Crippen LogP contribution in [-0.4, -0.2) is 46.7 Å². The quantitative estimate of drug-likeness (QED) is 0.702. The second-order valence-electron chi connectivity index (χ2n) is 6.70. The van der Waals surface area contributed by atoms with Crippen LogP contribution in [0.3, 0.4) is 0 Å². The first-order valence-electron chi connectivity index (χ1n) is 8.42. The molecule has 0 radical (unpaired) electrons. The Morgan fingerprint density at radius 2 is 1.60 bits per heavy atom. The van der Waals surface area contributed by atoms with Gasteiger partial charge in [0, 0.05) is 18.3 Å². The van der Waals surface area contributed by atoms with Gasteiger partial charge < -0.3 is 15.3 Å². The smallest absolute Gasteiger partial charge is 0.140 e. The summed E-state index contributed by atoms with van der Waals surface area (Å²) in [5, 5.41) is 26.0. The normalized spacial score (nSPS) is 15.8. The predicted molar refractivity (Wildman–Crippen MR) is 91.7 cm³/mol. The second-order valence-corrected chi connectivity index (χ2v) is 6.70. The summed E-state index contributed by atoms with van der Waals surface area (Å²) in [4.78, 5) is 22.6. The summed E-state index contributed by atoms with van der Waals surface area (Å²) in [5.74, 6) is -0.490. The highest BCUT2D eigenvalue weighted by atomic mass is 19.1. The average Bonchev–Trinajstić information content (AvgIpc) is 2.60. The van der Waals surface area contributed by atoms with E-state index in [1.807, 2.05) is 6.92 Å². The van der Waals surface area contributed by atoms with Gasteiger partial charge >= 0.3 is 0 Å². The zero-order chi connectivity index (χ0) is 19.0. The van der Waals surface area contributed by atoms with Crippen molar-refractivity contribution in [1.82, 2.24) is 0 Å². The molecule has 2 rings (SSSR count). The number of hydrogen-bond acceptors (Lipinski definition) is 5. The number of halogens is 1. The number of aliphatic hydroxyl groups excluding tert-OH is 3. The highest BCUT2D eigenvalue weighted by Gasteiger charge is 2.27. The molecule has 1 aliphatic rings. The lowest BCUT2D eigenvalue weighted by atomic mass is 9.82. The van der Waals surface area contributed by atoms with E-state index in [1.165, 1.54) is 6.07 Å². The van der Waals surface area contributed by atoms with Crippen LogP contribution in [0.1, 0.15) is 49.7 Å². The first-order chi connectivity index (χ1) is 11.8. The number of carbonyl (C=O) groups is 2. The van der Waals surface area contributed by atoms with Crippen LogP contribution in [0.15, 0.2) is 18.2 Å². The number of aryl methyl sites for hydroxylation is 1. The van der Waals surface area contributed by atoms with E-state index >= 15 is 0 Å². The summed E-state index contributed by atoms with van der Waals surface area (Å²) >= 11 is 0. The fraction of sp³-hybridized carbons (Fsp3) is 0.579. The SMILES string of the molecule is CCC(CO)(CO)CO.Cc1ccc(C2CC(=O)CC(=O)C2)cc1F. The van der Waals surface area contributed by atoms with Crippen LogP contribution in [0.5, 0.6) is 0 Å².